The number of sulfonamides is 1. The van der Waals surface area contributed by atoms with Crippen LogP contribution < -0.4 is 0 Å². The SMILES string of the molecule is Cc1ccc(C)n1CCN1CCN(S(=O)(=O)c2cc(Br)c(Br)s2)CC1. The van der Waals surface area contributed by atoms with Gasteiger partial charge in [-0.15, -0.1) is 11.3 Å². The molecule has 0 aromatic carbocycles. The fourth-order valence-corrected chi connectivity index (χ4v) is 7.46. The zero-order valence-electron chi connectivity index (χ0n) is 14.2. The number of rotatable bonds is 5. The summed E-state index contributed by atoms with van der Waals surface area (Å²) in [6.45, 7) is 8.75. The number of aryl methyl sites for hydroxylation is 2. The van der Waals surface area contributed by atoms with Gasteiger partial charge < -0.3 is 4.57 Å². The van der Waals surface area contributed by atoms with Gasteiger partial charge in [-0.3, -0.25) is 4.90 Å². The second-order valence-corrected chi connectivity index (χ2v) is 11.6. The van der Waals surface area contributed by atoms with Crippen LogP contribution in [0.2, 0.25) is 0 Å². The molecule has 2 aromatic rings. The summed E-state index contributed by atoms with van der Waals surface area (Å²) in [5.74, 6) is 0. The molecule has 9 heteroatoms. The largest absolute Gasteiger partial charge is 0.348 e. The van der Waals surface area contributed by atoms with Crippen molar-refractivity contribution in [1.82, 2.24) is 13.8 Å². The summed E-state index contributed by atoms with van der Waals surface area (Å²) in [4.78, 5) is 2.34. The fraction of sp³-hybridized carbons (Fsp3) is 0.500. The topological polar surface area (TPSA) is 45.5 Å². The molecular formula is C16H21Br2N3O2S2. The molecule has 25 heavy (non-hydrogen) atoms. The van der Waals surface area contributed by atoms with Crippen LogP contribution in [0.4, 0.5) is 0 Å². The first-order valence-electron chi connectivity index (χ1n) is 8.09. The zero-order chi connectivity index (χ0) is 18.2. The van der Waals surface area contributed by atoms with E-state index in [0.717, 1.165) is 34.4 Å². The minimum Gasteiger partial charge on any atom is -0.348 e. The fourth-order valence-electron chi connectivity index (χ4n) is 3.07. The van der Waals surface area contributed by atoms with Crippen molar-refractivity contribution in [2.24, 2.45) is 0 Å². The first kappa shape index (κ1) is 19.6. The van der Waals surface area contributed by atoms with E-state index in [1.54, 1.807) is 10.4 Å². The second-order valence-electron chi connectivity index (χ2n) is 6.20. The average molecular weight is 511 g/mol. The molecule has 0 radical (unpaired) electrons. The molecule has 0 N–H and O–H groups in total. The van der Waals surface area contributed by atoms with E-state index in [1.807, 2.05) is 0 Å². The minimum atomic E-state index is -3.40. The molecule has 1 saturated heterocycles. The summed E-state index contributed by atoms with van der Waals surface area (Å²) < 4.78 is 31.4. The van der Waals surface area contributed by atoms with E-state index in [9.17, 15) is 8.42 Å². The molecule has 2 aromatic heterocycles. The Bertz CT molecular complexity index is 814. The summed E-state index contributed by atoms with van der Waals surface area (Å²) in [5, 5.41) is 0. The number of thiophene rings is 1. The van der Waals surface area contributed by atoms with Gasteiger partial charge in [-0.25, -0.2) is 8.42 Å². The van der Waals surface area contributed by atoms with Crippen molar-refractivity contribution in [3.8, 4) is 0 Å². The number of piperazine rings is 1. The first-order chi connectivity index (χ1) is 11.8. The molecule has 0 aliphatic carbocycles. The van der Waals surface area contributed by atoms with E-state index < -0.39 is 10.0 Å². The standard InChI is InChI=1S/C16H21Br2N3O2S2/c1-12-3-4-13(2)21(12)10-7-19-5-8-20(9-6-19)25(22,23)15-11-14(17)16(18)24-15/h3-4,11H,5-10H2,1-2H3. The normalized spacial score (nSPS) is 17.3. The maximum atomic E-state index is 12.8. The van der Waals surface area contributed by atoms with Gasteiger partial charge in [0.05, 0.1) is 3.79 Å². The van der Waals surface area contributed by atoms with E-state index in [2.05, 4.69) is 67.3 Å². The van der Waals surface area contributed by atoms with Gasteiger partial charge in [0.1, 0.15) is 4.21 Å². The van der Waals surface area contributed by atoms with Gasteiger partial charge in [0.25, 0.3) is 10.0 Å². The highest BCUT2D eigenvalue weighted by Crippen LogP contribution is 2.36. The van der Waals surface area contributed by atoms with Crippen molar-refractivity contribution in [2.75, 3.05) is 32.7 Å². The molecule has 0 saturated carbocycles. The number of hydrogen-bond acceptors (Lipinski definition) is 4. The van der Waals surface area contributed by atoms with E-state index >= 15 is 0 Å². The molecular weight excluding hydrogens is 490 g/mol. The monoisotopic (exact) mass is 509 g/mol. The maximum Gasteiger partial charge on any atom is 0.252 e. The number of aromatic nitrogens is 1. The summed E-state index contributed by atoms with van der Waals surface area (Å²) in [5.41, 5.74) is 2.54. The lowest BCUT2D eigenvalue weighted by atomic mass is 10.3. The lowest BCUT2D eigenvalue weighted by Gasteiger charge is -2.33. The van der Waals surface area contributed by atoms with Crippen molar-refractivity contribution in [2.45, 2.75) is 24.6 Å². The van der Waals surface area contributed by atoms with Crippen molar-refractivity contribution in [3.63, 3.8) is 0 Å². The third kappa shape index (κ3) is 4.22. The third-order valence-electron chi connectivity index (χ3n) is 4.61. The van der Waals surface area contributed by atoms with E-state index in [1.165, 1.54) is 22.7 Å². The molecule has 3 rings (SSSR count). The Morgan fingerprint density at radius 1 is 1.04 bits per heavy atom. The van der Waals surface area contributed by atoms with Crippen LogP contribution in [0.5, 0.6) is 0 Å². The molecule has 1 aliphatic rings. The Kier molecular flexibility index (Phi) is 6.12. The van der Waals surface area contributed by atoms with Gasteiger partial charge >= 0.3 is 0 Å². The van der Waals surface area contributed by atoms with Crippen molar-refractivity contribution in [1.29, 1.82) is 0 Å². The molecule has 138 valence electrons. The molecule has 0 bridgehead atoms. The summed E-state index contributed by atoms with van der Waals surface area (Å²) >= 11 is 7.98. The van der Waals surface area contributed by atoms with Crippen molar-refractivity contribution < 1.29 is 8.42 Å². The number of nitrogens with zero attached hydrogens (tertiary/aromatic N) is 3. The Hall–Kier alpha value is -0.190. The Balaban J connectivity index is 1.58. The van der Waals surface area contributed by atoms with E-state index in [-0.39, 0.29) is 0 Å². The Labute approximate surface area is 169 Å². The Morgan fingerprint density at radius 2 is 1.64 bits per heavy atom. The van der Waals surface area contributed by atoms with Crippen LogP contribution in [0, 0.1) is 13.8 Å². The van der Waals surface area contributed by atoms with Crippen LogP contribution in [-0.4, -0.2) is 54.9 Å². The Morgan fingerprint density at radius 3 is 2.16 bits per heavy atom. The van der Waals surface area contributed by atoms with Gasteiger partial charge in [-0.1, -0.05) is 0 Å². The van der Waals surface area contributed by atoms with Crippen molar-refractivity contribution in [3.05, 3.63) is 37.8 Å². The smallest absolute Gasteiger partial charge is 0.252 e. The van der Waals surface area contributed by atoms with Crippen LogP contribution in [0.3, 0.4) is 0 Å². The summed E-state index contributed by atoms with van der Waals surface area (Å²) in [6.07, 6.45) is 0. The molecule has 0 amide bonds. The molecule has 1 aliphatic heterocycles. The molecule has 5 nitrogen and oxygen atoms in total. The second kappa shape index (κ2) is 7.82. The quantitative estimate of drug-likeness (QED) is 0.616. The van der Waals surface area contributed by atoms with E-state index in [4.69, 9.17) is 0 Å². The van der Waals surface area contributed by atoms with Gasteiger partial charge in [-0.2, -0.15) is 4.31 Å². The van der Waals surface area contributed by atoms with Crippen LogP contribution in [0.1, 0.15) is 11.4 Å². The van der Waals surface area contributed by atoms with Gasteiger partial charge in [0.15, 0.2) is 0 Å². The van der Waals surface area contributed by atoms with Gasteiger partial charge in [-0.05, 0) is 63.9 Å². The lowest BCUT2D eigenvalue weighted by Crippen LogP contribution is -2.49. The van der Waals surface area contributed by atoms with E-state index in [0.29, 0.717) is 17.3 Å². The highest BCUT2D eigenvalue weighted by Gasteiger charge is 2.30. The molecule has 0 unspecified atom stereocenters. The van der Waals surface area contributed by atoms with Crippen LogP contribution >= 0.6 is 43.2 Å². The molecule has 0 spiro atoms. The van der Waals surface area contributed by atoms with Crippen LogP contribution in [0.15, 0.2) is 30.7 Å². The number of halogens is 2. The highest BCUT2D eigenvalue weighted by atomic mass is 79.9. The summed E-state index contributed by atoms with van der Waals surface area (Å²) in [7, 11) is -3.40. The maximum absolute atomic E-state index is 12.8. The zero-order valence-corrected chi connectivity index (χ0v) is 19.0. The van der Waals surface area contributed by atoms with Gasteiger partial charge in [0, 0.05) is 55.1 Å². The van der Waals surface area contributed by atoms with Crippen molar-refractivity contribution >= 4 is 53.2 Å². The summed E-state index contributed by atoms with van der Waals surface area (Å²) in [6, 6.07) is 5.95. The lowest BCUT2D eigenvalue weighted by molar-refractivity contribution is 0.182. The molecule has 3 heterocycles. The molecule has 0 atom stereocenters. The minimum absolute atomic E-state index is 0.387. The third-order valence-corrected chi connectivity index (χ3v) is 10.2. The first-order valence-corrected chi connectivity index (χ1v) is 11.9. The van der Waals surface area contributed by atoms with Gasteiger partial charge in [0.2, 0.25) is 0 Å². The predicted molar refractivity (Wildman–Crippen MR) is 109 cm³/mol. The number of hydrogen-bond donors (Lipinski definition) is 0. The van der Waals surface area contributed by atoms with Crippen LogP contribution in [0.25, 0.3) is 0 Å². The average Bonchev–Trinajstić information content (AvgIpc) is 3.09. The highest BCUT2D eigenvalue weighted by molar-refractivity contribution is 9.13. The predicted octanol–water partition coefficient (Wildman–Crippen LogP) is 3.70. The van der Waals surface area contributed by atoms with Crippen LogP contribution in [-0.2, 0) is 16.6 Å². The molecule has 1 fully saturated rings.